The number of piperazine rings is 1. The molecule has 24 heavy (non-hydrogen) atoms. The van der Waals surface area contributed by atoms with Gasteiger partial charge in [0.25, 0.3) is 0 Å². The molecule has 1 aliphatic heterocycles. The average Bonchev–Trinajstić information content (AvgIpc) is 2.54. The summed E-state index contributed by atoms with van der Waals surface area (Å²) in [6.07, 6.45) is -4.01. The minimum atomic E-state index is -4.50. The van der Waals surface area contributed by atoms with Crippen molar-refractivity contribution in [3.63, 3.8) is 0 Å². The molecule has 0 aliphatic carbocycles. The Labute approximate surface area is 140 Å². The van der Waals surface area contributed by atoms with Gasteiger partial charge in [-0.3, -0.25) is 4.90 Å². The molecule has 1 fully saturated rings. The third-order valence-corrected chi connectivity index (χ3v) is 5.60. The molecule has 0 radical (unpaired) electrons. The van der Waals surface area contributed by atoms with Crippen LogP contribution in [0.3, 0.4) is 0 Å². The minimum absolute atomic E-state index is 0.0359. The Morgan fingerprint density at radius 1 is 1.25 bits per heavy atom. The van der Waals surface area contributed by atoms with Crippen molar-refractivity contribution < 1.29 is 21.6 Å². The van der Waals surface area contributed by atoms with Crippen LogP contribution in [-0.2, 0) is 16.4 Å². The number of halogens is 3. The van der Waals surface area contributed by atoms with Crippen LogP contribution in [0.25, 0.3) is 0 Å². The highest BCUT2D eigenvalue weighted by Crippen LogP contribution is 2.25. The number of sulfonamides is 1. The number of rotatable bonds is 6. The fourth-order valence-electron chi connectivity index (χ4n) is 2.77. The van der Waals surface area contributed by atoms with Gasteiger partial charge in [-0.15, -0.1) is 0 Å². The monoisotopic (exact) mass is 365 g/mol. The van der Waals surface area contributed by atoms with Crippen LogP contribution in [0.5, 0.6) is 0 Å². The smallest absolute Gasteiger partial charge is 0.314 e. The number of nitrogens with one attached hydrogen (secondary N) is 2. The molecular weight excluding hydrogens is 343 g/mol. The van der Waals surface area contributed by atoms with Gasteiger partial charge in [0.15, 0.2) is 0 Å². The maximum Gasteiger partial charge on any atom is 0.405 e. The van der Waals surface area contributed by atoms with E-state index in [1.54, 1.807) is 25.1 Å². The van der Waals surface area contributed by atoms with E-state index in [2.05, 4.69) is 10.0 Å². The van der Waals surface area contributed by atoms with Gasteiger partial charge in [-0.25, -0.2) is 13.1 Å². The maximum atomic E-state index is 13.3. The summed E-state index contributed by atoms with van der Waals surface area (Å²) in [5, 5.41) is 2.99. The summed E-state index contributed by atoms with van der Waals surface area (Å²) in [7, 11) is -3.99. The lowest BCUT2D eigenvalue weighted by molar-refractivity contribution is -0.182. The maximum absolute atomic E-state index is 13.3. The van der Waals surface area contributed by atoms with E-state index < -0.39 is 28.8 Å². The van der Waals surface area contributed by atoms with Crippen LogP contribution in [-0.4, -0.2) is 58.3 Å². The van der Waals surface area contributed by atoms with E-state index >= 15 is 0 Å². The van der Waals surface area contributed by atoms with Crippen LogP contribution < -0.4 is 10.0 Å². The molecule has 0 aromatic heterocycles. The second-order valence-corrected chi connectivity index (χ2v) is 7.39. The number of hydrogen-bond acceptors (Lipinski definition) is 4. The molecule has 1 atom stereocenters. The SMILES string of the molecule is CCc1ccccc1S(=O)(=O)NCC(N1CCNCC1)C(F)(F)F. The van der Waals surface area contributed by atoms with Crippen LogP contribution in [0.2, 0.25) is 0 Å². The first-order valence-corrected chi connectivity index (χ1v) is 9.33. The Kier molecular flexibility index (Phi) is 6.24. The van der Waals surface area contributed by atoms with Crippen LogP contribution in [0.15, 0.2) is 29.2 Å². The molecule has 1 aliphatic rings. The summed E-state index contributed by atoms with van der Waals surface area (Å²) >= 11 is 0. The zero-order valence-corrected chi connectivity index (χ0v) is 14.3. The third kappa shape index (κ3) is 4.69. The van der Waals surface area contributed by atoms with E-state index in [1.165, 1.54) is 11.0 Å². The standard InChI is InChI=1S/C15H22F3N3O2S/c1-2-12-5-3-4-6-13(12)24(22,23)20-11-14(15(16,17)18)21-9-7-19-8-10-21/h3-6,14,19-20H,2,7-11H2,1H3. The first-order valence-electron chi connectivity index (χ1n) is 7.84. The molecule has 1 aromatic carbocycles. The van der Waals surface area contributed by atoms with E-state index in [9.17, 15) is 21.6 Å². The highest BCUT2D eigenvalue weighted by molar-refractivity contribution is 7.89. The largest absolute Gasteiger partial charge is 0.405 e. The molecule has 136 valence electrons. The third-order valence-electron chi connectivity index (χ3n) is 4.08. The zero-order chi connectivity index (χ0) is 17.8. The van der Waals surface area contributed by atoms with Crippen LogP contribution >= 0.6 is 0 Å². The Morgan fingerprint density at radius 2 is 1.88 bits per heavy atom. The van der Waals surface area contributed by atoms with E-state index in [0.29, 0.717) is 25.1 Å². The second kappa shape index (κ2) is 7.81. The number of nitrogens with zero attached hydrogens (tertiary/aromatic N) is 1. The lowest BCUT2D eigenvalue weighted by Gasteiger charge is -2.35. The number of benzene rings is 1. The highest BCUT2D eigenvalue weighted by Gasteiger charge is 2.44. The van der Waals surface area contributed by atoms with Gasteiger partial charge in [-0.05, 0) is 18.1 Å². The summed E-state index contributed by atoms with van der Waals surface area (Å²) in [6.45, 7) is 2.49. The summed E-state index contributed by atoms with van der Waals surface area (Å²) in [5.74, 6) is 0. The van der Waals surface area contributed by atoms with Crippen LogP contribution in [0, 0.1) is 0 Å². The van der Waals surface area contributed by atoms with Crippen molar-refractivity contribution in [3.05, 3.63) is 29.8 Å². The van der Waals surface area contributed by atoms with Crippen molar-refractivity contribution in [2.45, 2.75) is 30.5 Å². The van der Waals surface area contributed by atoms with Crippen molar-refractivity contribution in [1.82, 2.24) is 14.9 Å². The summed E-state index contributed by atoms with van der Waals surface area (Å²) in [4.78, 5) is 1.30. The Bertz CT molecular complexity index is 644. The first kappa shape index (κ1) is 19.2. The van der Waals surface area contributed by atoms with Gasteiger partial charge in [0, 0.05) is 32.7 Å². The van der Waals surface area contributed by atoms with Gasteiger partial charge < -0.3 is 5.32 Å². The second-order valence-electron chi connectivity index (χ2n) is 5.66. The minimum Gasteiger partial charge on any atom is -0.314 e. The van der Waals surface area contributed by atoms with E-state index in [4.69, 9.17) is 0 Å². The van der Waals surface area contributed by atoms with Crippen molar-refractivity contribution >= 4 is 10.0 Å². The predicted octanol–water partition coefficient (Wildman–Crippen LogP) is 1.36. The molecule has 1 unspecified atom stereocenters. The van der Waals surface area contributed by atoms with Gasteiger partial charge in [-0.2, -0.15) is 13.2 Å². The van der Waals surface area contributed by atoms with Crippen molar-refractivity contribution in [3.8, 4) is 0 Å². The molecule has 2 rings (SSSR count). The molecule has 0 saturated carbocycles. The van der Waals surface area contributed by atoms with E-state index in [0.717, 1.165) is 0 Å². The molecule has 0 bridgehead atoms. The van der Waals surface area contributed by atoms with Crippen LogP contribution in [0.1, 0.15) is 12.5 Å². The van der Waals surface area contributed by atoms with Gasteiger partial charge >= 0.3 is 6.18 Å². The summed E-state index contributed by atoms with van der Waals surface area (Å²) < 4.78 is 67.0. The first-order chi connectivity index (χ1) is 11.3. The zero-order valence-electron chi connectivity index (χ0n) is 13.4. The molecular formula is C15H22F3N3O2S. The molecule has 0 spiro atoms. The summed E-state index contributed by atoms with van der Waals surface area (Å²) in [6, 6.07) is 4.51. The molecule has 2 N–H and O–H groups in total. The number of alkyl halides is 3. The Morgan fingerprint density at radius 3 is 2.46 bits per heavy atom. The topological polar surface area (TPSA) is 61.4 Å². The predicted molar refractivity (Wildman–Crippen MR) is 85.3 cm³/mol. The number of aryl methyl sites for hydroxylation is 1. The molecule has 5 nitrogen and oxygen atoms in total. The Hall–Kier alpha value is -1.16. The van der Waals surface area contributed by atoms with Gasteiger partial charge in [0.1, 0.15) is 6.04 Å². The number of hydrogen-bond donors (Lipinski definition) is 2. The van der Waals surface area contributed by atoms with Gasteiger partial charge in [0.2, 0.25) is 10.0 Å². The molecule has 1 aromatic rings. The quantitative estimate of drug-likeness (QED) is 0.799. The fraction of sp³-hybridized carbons (Fsp3) is 0.600. The highest BCUT2D eigenvalue weighted by atomic mass is 32.2. The van der Waals surface area contributed by atoms with Gasteiger partial charge in [0.05, 0.1) is 4.90 Å². The molecule has 0 amide bonds. The molecule has 1 heterocycles. The van der Waals surface area contributed by atoms with Crippen molar-refractivity contribution in [2.75, 3.05) is 32.7 Å². The lowest BCUT2D eigenvalue weighted by Crippen LogP contribution is -2.57. The fourth-order valence-corrected chi connectivity index (χ4v) is 4.12. The normalized spacial score (nSPS) is 18.5. The van der Waals surface area contributed by atoms with Gasteiger partial charge in [-0.1, -0.05) is 25.1 Å². The van der Waals surface area contributed by atoms with Crippen molar-refractivity contribution in [1.29, 1.82) is 0 Å². The lowest BCUT2D eigenvalue weighted by atomic mass is 10.2. The van der Waals surface area contributed by atoms with E-state index in [1.807, 2.05) is 0 Å². The summed E-state index contributed by atoms with van der Waals surface area (Å²) in [5.41, 5.74) is 0.579. The molecule has 9 heteroatoms. The Balaban J connectivity index is 2.15. The van der Waals surface area contributed by atoms with Crippen molar-refractivity contribution in [2.24, 2.45) is 0 Å². The van der Waals surface area contributed by atoms with Crippen LogP contribution in [0.4, 0.5) is 13.2 Å². The average molecular weight is 365 g/mol. The van der Waals surface area contributed by atoms with E-state index in [-0.39, 0.29) is 18.0 Å². The molecule has 1 saturated heterocycles.